The number of rotatable bonds is 37. The number of carbonyl (C=O) groups is 10. The number of H-pyrrole nitrogens is 1. The molecule has 0 radical (unpaired) electrons. The maximum atomic E-state index is 14.6. The van der Waals surface area contributed by atoms with E-state index < -0.39 is 155 Å². The van der Waals surface area contributed by atoms with E-state index in [4.69, 9.17) is 52.4 Å². The van der Waals surface area contributed by atoms with Crippen molar-refractivity contribution in [3.63, 3.8) is 0 Å². The van der Waals surface area contributed by atoms with Crippen LogP contribution in [0.15, 0.2) is 59.7 Å². The number of guanidine groups is 1. The zero-order chi connectivity index (χ0) is 71.5. The molecule has 0 spiro atoms. The number of unbranched alkanes of at least 4 members (excludes halogenated alkanes) is 1. The highest BCUT2D eigenvalue weighted by Gasteiger charge is 2.54. The molecule has 2 aliphatic heterocycles. The molecule has 1 saturated heterocycles. The van der Waals surface area contributed by atoms with Gasteiger partial charge in [-0.25, -0.2) is 0 Å². The van der Waals surface area contributed by atoms with Gasteiger partial charge in [-0.15, -0.1) is 11.8 Å². The van der Waals surface area contributed by atoms with Gasteiger partial charge in [0.1, 0.15) is 42.4 Å². The van der Waals surface area contributed by atoms with Gasteiger partial charge in [-0.2, -0.15) is 0 Å². The number of nitrogens with one attached hydrogen (secondary N) is 8. The van der Waals surface area contributed by atoms with Crippen molar-refractivity contribution in [2.75, 3.05) is 52.2 Å². The van der Waals surface area contributed by atoms with Crippen molar-refractivity contribution in [3.8, 4) is 28.7 Å². The van der Waals surface area contributed by atoms with Gasteiger partial charge in [-0.3, -0.25) is 52.9 Å². The number of aromatic amines is 1. The summed E-state index contributed by atoms with van der Waals surface area (Å²) in [5, 5.41) is 41.0. The molecule has 7 rings (SSSR count). The molecule has 3 aliphatic rings. The van der Waals surface area contributed by atoms with E-state index in [1.165, 1.54) is 26.3 Å². The number of phenolic OH excluding ortho intramolecular Hbond substituents is 2. The van der Waals surface area contributed by atoms with Crippen LogP contribution in [0, 0.1) is 23.7 Å². The van der Waals surface area contributed by atoms with Crippen LogP contribution < -0.4 is 80.1 Å². The van der Waals surface area contributed by atoms with Crippen molar-refractivity contribution < 1.29 is 81.8 Å². The first kappa shape index (κ1) is 75.8. The van der Waals surface area contributed by atoms with Crippen molar-refractivity contribution >= 4 is 87.8 Å². The molecule has 0 saturated carbocycles. The minimum absolute atomic E-state index is 0.0110. The topological polar surface area (TPSA) is 500 Å². The van der Waals surface area contributed by atoms with Gasteiger partial charge in [0.25, 0.3) is 0 Å². The molecule has 32 heteroatoms. The molecule has 98 heavy (non-hydrogen) atoms. The summed E-state index contributed by atoms with van der Waals surface area (Å²) in [6.07, 6.45) is 1.69. The van der Waals surface area contributed by atoms with Crippen LogP contribution in [-0.2, 0) is 63.8 Å². The molecule has 3 aromatic carbocycles. The zero-order valence-corrected chi connectivity index (χ0v) is 56.6. The Hall–Kier alpha value is -9.56. The summed E-state index contributed by atoms with van der Waals surface area (Å²) >= 11 is 0.932. The summed E-state index contributed by atoms with van der Waals surface area (Å²) < 4.78 is 28.4. The number of benzene rings is 3. The van der Waals surface area contributed by atoms with Crippen molar-refractivity contribution in [3.05, 3.63) is 77.0 Å². The summed E-state index contributed by atoms with van der Waals surface area (Å²) in [6, 6.07) is 4.47. The standard InChI is InChI=1S/C66H92N14O17S/c1-7-32(3)54(63(90)77-42(16-11-12-20-67)61(88)79-55(33(4)8-2)64(91)78-45(59(86)72-5)22-35-27-74-41-15-10-9-14-36(35)41)80-62(89)44(18-19-50(69)82)76-60(87)43(17-13-21-73-66(70)71)75-58(85)40(68)29-98-30-51(83)97-57-38-26-48-47(95-31-96-48)25-37(38)52(53-39(57)28-94-65(53)92)34-23-46(81)56(84)49(24-34)93-6/h9-10,14-15,23-27,32-33,39-40,42-45,52-55,57,74,81,84H,7-8,11-13,16-22,28-31,67-68H2,1-6H3,(H2,69,82)(H,72,86)(H,75,85)(H,76,87)(H,77,90)(H,78,91)(H,79,88)(H,80,89)(H4,70,71,73)/t32?,33?,39-,40-,42-,43-,44-,45-,52+,53-,54-,55-,57+/m0/s1. The number of hydrogen-bond donors (Lipinski definition) is 15. The number of thioether (sulfide) groups is 1. The number of nitrogens with zero attached hydrogens (tertiary/aromatic N) is 1. The van der Waals surface area contributed by atoms with Crippen LogP contribution in [0.2, 0.25) is 0 Å². The molecule has 8 amide bonds. The number of ether oxygens (including phenoxy) is 5. The fourth-order valence-electron chi connectivity index (χ4n) is 12.1. The minimum atomic E-state index is -1.55. The predicted molar refractivity (Wildman–Crippen MR) is 361 cm³/mol. The molecular formula is C66H92N14O17S. The normalized spacial score (nSPS) is 18.6. The molecule has 13 atom stereocenters. The maximum absolute atomic E-state index is 14.6. The number of esters is 2. The number of carbonyl (C=O) groups excluding carboxylic acids is 10. The Morgan fingerprint density at radius 2 is 1.33 bits per heavy atom. The molecule has 31 nitrogen and oxygen atoms in total. The number of aromatic hydroxyl groups is 2. The lowest BCUT2D eigenvalue weighted by atomic mass is 9.66. The summed E-state index contributed by atoms with van der Waals surface area (Å²) in [7, 11) is 2.76. The number of hydrogen-bond acceptors (Lipinski definition) is 21. The number of cyclic esters (lactones) is 1. The number of aromatic nitrogens is 1. The van der Waals surface area contributed by atoms with Gasteiger partial charge in [-0.05, 0) is 104 Å². The van der Waals surface area contributed by atoms with E-state index >= 15 is 0 Å². The van der Waals surface area contributed by atoms with Crippen molar-refractivity contribution in [1.82, 2.24) is 42.2 Å². The molecule has 534 valence electrons. The van der Waals surface area contributed by atoms with E-state index in [2.05, 4.69) is 47.2 Å². The third-order valence-electron chi connectivity index (χ3n) is 17.9. The quantitative estimate of drug-likeness (QED) is 0.00951. The van der Waals surface area contributed by atoms with Crippen molar-refractivity contribution in [2.45, 2.75) is 146 Å². The van der Waals surface area contributed by atoms with Gasteiger partial charge in [0.15, 0.2) is 29.0 Å². The minimum Gasteiger partial charge on any atom is -0.504 e. The second-order valence-corrected chi connectivity index (χ2v) is 25.7. The molecular weight excluding hydrogens is 1290 g/mol. The lowest BCUT2D eigenvalue weighted by Crippen LogP contribution is -2.61. The van der Waals surface area contributed by atoms with Gasteiger partial charge < -0.3 is 105 Å². The first-order valence-corrected chi connectivity index (χ1v) is 33.8. The van der Waals surface area contributed by atoms with E-state index in [-0.39, 0.29) is 81.8 Å². The highest BCUT2D eigenvalue weighted by molar-refractivity contribution is 8.00. The molecule has 3 heterocycles. The number of phenols is 2. The second kappa shape index (κ2) is 35.6. The summed E-state index contributed by atoms with van der Waals surface area (Å²) in [5.41, 5.74) is 31.9. The Morgan fingerprint density at radius 1 is 0.735 bits per heavy atom. The fourth-order valence-corrected chi connectivity index (χ4v) is 12.9. The third-order valence-corrected chi connectivity index (χ3v) is 19.0. The Morgan fingerprint density at radius 3 is 1.94 bits per heavy atom. The van der Waals surface area contributed by atoms with E-state index in [0.29, 0.717) is 53.9 Å². The molecule has 0 bridgehead atoms. The van der Waals surface area contributed by atoms with Gasteiger partial charge in [-0.1, -0.05) is 58.7 Å². The van der Waals surface area contributed by atoms with Gasteiger partial charge in [0, 0.05) is 66.7 Å². The van der Waals surface area contributed by atoms with Crippen LogP contribution in [0.3, 0.4) is 0 Å². The van der Waals surface area contributed by atoms with Crippen LogP contribution in [0.25, 0.3) is 10.9 Å². The molecule has 4 aromatic rings. The number of nitrogens with two attached hydrogens (primary N) is 5. The molecule has 1 aliphatic carbocycles. The molecule has 2 unspecified atom stereocenters. The van der Waals surface area contributed by atoms with Crippen LogP contribution in [0.5, 0.6) is 28.7 Å². The number of aliphatic imine (C=N–C) groups is 1. The monoisotopic (exact) mass is 1380 g/mol. The Bertz CT molecular complexity index is 3570. The smallest absolute Gasteiger partial charge is 0.316 e. The number of primary amides is 1. The van der Waals surface area contributed by atoms with E-state index in [1.807, 2.05) is 31.2 Å². The van der Waals surface area contributed by atoms with E-state index in [0.717, 1.165) is 28.2 Å². The van der Waals surface area contributed by atoms with Gasteiger partial charge >= 0.3 is 11.9 Å². The molecule has 1 aromatic heterocycles. The largest absolute Gasteiger partial charge is 0.504 e. The summed E-state index contributed by atoms with van der Waals surface area (Å²) in [4.78, 5) is 146. The predicted octanol–water partition coefficient (Wildman–Crippen LogP) is 0.334. The maximum Gasteiger partial charge on any atom is 0.316 e. The zero-order valence-electron chi connectivity index (χ0n) is 55.8. The van der Waals surface area contributed by atoms with Gasteiger partial charge in [0.2, 0.25) is 59.8 Å². The number of fused-ring (bicyclic) bond motifs is 4. The van der Waals surface area contributed by atoms with Crippen LogP contribution in [0.1, 0.15) is 120 Å². The van der Waals surface area contributed by atoms with E-state index in [9.17, 15) is 58.2 Å². The number of amides is 8. The lowest BCUT2D eigenvalue weighted by Gasteiger charge is -2.38. The second-order valence-electron chi connectivity index (χ2n) is 24.7. The van der Waals surface area contributed by atoms with Crippen molar-refractivity contribution in [2.24, 2.45) is 57.3 Å². The summed E-state index contributed by atoms with van der Waals surface area (Å²) in [6.45, 7) is 7.07. The van der Waals surface area contributed by atoms with Crippen molar-refractivity contribution in [1.29, 1.82) is 0 Å². The molecule has 1 fully saturated rings. The highest BCUT2D eigenvalue weighted by atomic mass is 32.2. The Labute approximate surface area is 571 Å². The third kappa shape index (κ3) is 19.4. The number of para-hydroxylation sites is 1. The fraction of sp³-hybridized carbons (Fsp3) is 0.530. The average Bonchev–Trinajstić information content (AvgIpc) is 1.41. The number of likely N-dealkylation sites (N-methyl/N-ethyl adjacent to an activating group) is 1. The highest BCUT2D eigenvalue weighted by Crippen LogP contribution is 2.56. The van der Waals surface area contributed by atoms with Crippen LogP contribution in [-0.4, -0.2) is 175 Å². The Kier molecular flexibility index (Phi) is 27.6. The average molecular weight is 1390 g/mol. The lowest BCUT2D eigenvalue weighted by molar-refractivity contribution is -0.151. The summed E-state index contributed by atoms with van der Waals surface area (Å²) in [5.74, 6) is -12.2. The van der Waals surface area contributed by atoms with Gasteiger partial charge in [0.05, 0.1) is 31.4 Å². The van der Waals surface area contributed by atoms with Crippen LogP contribution >= 0.6 is 11.8 Å². The molecule has 20 N–H and O–H groups in total. The van der Waals surface area contributed by atoms with E-state index in [1.54, 1.807) is 39.1 Å². The Balaban J connectivity index is 1.02. The number of methoxy groups -OCH3 is 1. The first-order valence-electron chi connectivity index (χ1n) is 32.7. The van der Waals surface area contributed by atoms with Crippen LogP contribution in [0.4, 0.5) is 0 Å². The first-order chi connectivity index (χ1) is 46.8. The SMILES string of the molecule is CCC(C)[C@H](NC(=O)[C@H](CCCCN)NC(=O)[C@@H](NC(=O)[C@H](CCC(N)=O)NC(=O)[C@H](CCCN=C(N)N)NC(=O)[C@@H](N)CSCC(=O)O[C@@H]1c2cc3c(cc2[C@@H](c2cc(O)c(O)c(OC)c2)[C@H]2C(=O)OC[C@@H]21)OCO3)C(C)CC)C(=O)N[C@@H](Cc1c[nH]c2ccccc12)C(=O)NC.